The lowest BCUT2D eigenvalue weighted by molar-refractivity contribution is -0.122. The Bertz CT molecular complexity index is 622. The fraction of sp³-hybridized carbons (Fsp3) is 0.389. The third-order valence-corrected chi connectivity index (χ3v) is 4.75. The van der Waals surface area contributed by atoms with E-state index in [2.05, 4.69) is 43.4 Å². The molecule has 3 nitrogen and oxygen atoms in total. The standard InChI is InChI=1S/C18H24N2OS/c1-13-7-8-16(14(2)10-13)11-20(4)12-18(21)19-15(3)17-6-5-9-22-17/h5-10,15H,11-12H2,1-4H3,(H,19,21). The minimum Gasteiger partial charge on any atom is -0.348 e. The lowest BCUT2D eigenvalue weighted by Crippen LogP contribution is -2.36. The van der Waals surface area contributed by atoms with E-state index in [9.17, 15) is 4.79 Å². The minimum atomic E-state index is 0.0631. The Labute approximate surface area is 137 Å². The van der Waals surface area contributed by atoms with Crippen LogP contribution in [0.1, 0.15) is 34.5 Å². The van der Waals surface area contributed by atoms with Crippen molar-refractivity contribution in [3.63, 3.8) is 0 Å². The van der Waals surface area contributed by atoms with Crippen molar-refractivity contribution in [2.24, 2.45) is 0 Å². The molecule has 22 heavy (non-hydrogen) atoms. The third-order valence-electron chi connectivity index (χ3n) is 3.70. The SMILES string of the molecule is Cc1ccc(CN(C)CC(=O)NC(C)c2cccs2)c(C)c1. The number of carbonyl (C=O) groups excluding carboxylic acids is 1. The van der Waals surface area contributed by atoms with Gasteiger partial charge >= 0.3 is 0 Å². The molecule has 0 aliphatic rings. The number of amides is 1. The first-order valence-electron chi connectivity index (χ1n) is 7.53. The van der Waals surface area contributed by atoms with E-state index in [1.807, 2.05) is 30.3 Å². The quantitative estimate of drug-likeness (QED) is 0.882. The number of benzene rings is 1. The molecule has 0 spiro atoms. The van der Waals surface area contributed by atoms with Gasteiger partial charge in [0.1, 0.15) is 0 Å². The highest BCUT2D eigenvalue weighted by molar-refractivity contribution is 7.10. The van der Waals surface area contributed by atoms with Crippen LogP contribution in [0.15, 0.2) is 35.7 Å². The molecule has 1 aromatic heterocycles. The molecule has 1 unspecified atom stereocenters. The average Bonchev–Trinajstić information content (AvgIpc) is 2.95. The summed E-state index contributed by atoms with van der Waals surface area (Å²) in [4.78, 5) is 15.4. The predicted molar refractivity (Wildman–Crippen MR) is 93.1 cm³/mol. The fourth-order valence-corrected chi connectivity index (χ4v) is 3.25. The van der Waals surface area contributed by atoms with Crippen molar-refractivity contribution >= 4 is 17.2 Å². The summed E-state index contributed by atoms with van der Waals surface area (Å²) in [6, 6.07) is 10.6. The van der Waals surface area contributed by atoms with Crippen LogP contribution in [0.25, 0.3) is 0 Å². The first kappa shape index (κ1) is 16.7. The van der Waals surface area contributed by atoms with Gasteiger partial charge in [-0.1, -0.05) is 29.8 Å². The highest BCUT2D eigenvalue weighted by Gasteiger charge is 2.13. The van der Waals surface area contributed by atoms with Gasteiger partial charge in [0.15, 0.2) is 0 Å². The number of aryl methyl sites for hydroxylation is 2. The summed E-state index contributed by atoms with van der Waals surface area (Å²) in [7, 11) is 1.98. The maximum atomic E-state index is 12.1. The van der Waals surface area contributed by atoms with Gasteiger partial charge in [-0.3, -0.25) is 9.69 Å². The summed E-state index contributed by atoms with van der Waals surface area (Å²) >= 11 is 1.67. The number of hydrogen-bond donors (Lipinski definition) is 1. The van der Waals surface area contributed by atoms with Gasteiger partial charge in [-0.2, -0.15) is 0 Å². The summed E-state index contributed by atoms with van der Waals surface area (Å²) in [5, 5.41) is 5.08. The third kappa shape index (κ3) is 4.68. The normalized spacial score (nSPS) is 12.4. The molecule has 2 aromatic rings. The highest BCUT2D eigenvalue weighted by Crippen LogP contribution is 2.18. The van der Waals surface area contributed by atoms with Gasteiger partial charge in [-0.25, -0.2) is 0 Å². The molecule has 0 saturated heterocycles. The fourth-order valence-electron chi connectivity index (χ4n) is 2.51. The van der Waals surface area contributed by atoms with Crippen LogP contribution in [0.5, 0.6) is 0 Å². The summed E-state index contributed by atoms with van der Waals surface area (Å²) in [5.41, 5.74) is 3.82. The molecule has 2 rings (SSSR count). The molecule has 1 atom stereocenters. The molecule has 0 radical (unpaired) electrons. The number of rotatable bonds is 6. The smallest absolute Gasteiger partial charge is 0.234 e. The van der Waals surface area contributed by atoms with E-state index in [1.54, 1.807) is 11.3 Å². The number of nitrogens with zero attached hydrogens (tertiary/aromatic N) is 1. The second-order valence-electron chi connectivity index (χ2n) is 5.91. The molecule has 1 amide bonds. The van der Waals surface area contributed by atoms with Gasteiger partial charge < -0.3 is 5.32 Å². The summed E-state index contributed by atoms with van der Waals surface area (Å²) in [6.45, 7) is 7.43. The lowest BCUT2D eigenvalue weighted by Gasteiger charge is -2.19. The minimum absolute atomic E-state index is 0.0631. The zero-order valence-corrected chi connectivity index (χ0v) is 14.5. The van der Waals surface area contributed by atoms with E-state index < -0.39 is 0 Å². The van der Waals surface area contributed by atoms with Crippen molar-refractivity contribution in [2.75, 3.05) is 13.6 Å². The number of thiophene rings is 1. The number of likely N-dealkylation sites (N-methyl/N-ethyl adjacent to an activating group) is 1. The van der Waals surface area contributed by atoms with Gasteiger partial charge in [0, 0.05) is 11.4 Å². The Balaban J connectivity index is 1.86. The van der Waals surface area contributed by atoms with Crippen LogP contribution in [0.4, 0.5) is 0 Å². The van der Waals surface area contributed by atoms with E-state index in [0.29, 0.717) is 6.54 Å². The topological polar surface area (TPSA) is 32.3 Å². The molecular formula is C18H24N2OS. The molecule has 0 bridgehead atoms. The Morgan fingerprint density at radius 2 is 2.09 bits per heavy atom. The first-order chi connectivity index (χ1) is 10.5. The van der Waals surface area contributed by atoms with Crippen LogP contribution in [-0.4, -0.2) is 24.4 Å². The maximum Gasteiger partial charge on any atom is 0.234 e. The van der Waals surface area contributed by atoms with Gasteiger partial charge in [0.2, 0.25) is 5.91 Å². The van der Waals surface area contributed by atoms with Crippen molar-refractivity contribution in [3.8, 4) is 0 Å². The van der Waals surface area contributed by atoms with Crippen LogP contribution in [-0.2, 0) is 11.3 Å². The summed E-state index contributed by atoms with van der Waals surface area (Å²) in [5.74, 6) is 0.0631. The van der Waals surface area contributed by atoms with Gasteiger partial charge in [-0.05, 0) is 50.4 Å². The van der Waals surface area contributed by atoms with E-state index in [0.717, 1.165) is 6.54 Å². The Morgan fingerprint density at radius 3 is 2.73 bits per heavy atom. The highest BCUT2D eigenvalue weighted by atomic mass is 32.1. The zero-order chi connectivity index (χ0) is 16.1. The van der Waals surface area contributed by atoms with Crippen molar-refractivity contribution in [3.05, 3.63) is 57.3 Å². The molecule has 1 aromatic carbocycles. The average molecular weight is 316 g/mol. The van der Waals surface area contributed by atoms with Crippen LogP contribution in [0.2, 0.25) is 0 Å². The summed E-state index contributed by atoms with van der Waals surface area (Å²) < 4.78 is 0. The molecule has 0 aliphatic heterocycles. The van der Waals surface area contributed by atoms with Crippen LogP contribution in [0, 0.1) is 13.8 Å². The molecule has 0 fully saturated rings. The van der Waals surface area contributed by atoms with E-state index in [4.69, 9.17) is 0 Å². The van der Waals surface area contributed by atoms with Crippen molar-refractivity contribution < 1.29 is 4.79 Å². The predicted octanol–water partition coefficient (Wildman–Crippen LogP) is 3.67. The molecular weight excluding hydrogens is 292 g/mol. The maximum absolute atomic E-state index is 12.1. The van der Waals surface area contributed by atoms with E-state index in [-0.39, 0.29) is 11.9 Å². The van der Waals surface area contributed by atoms with Gasteiger partial charge in [-0.15, -0.1) is 11.3 Å². The second kappa shape index (κ2) is 7.56. The number of carbonyl (C=O) groups is 1. The largest absolute Gasteiger partial charge is 0.348 e. The van der Waals surface area contributed by atoms with E-state index in [1.165, 1.54) is 21.6 Å². The van der Waals surface area contributed by atoms with Crippen molar-refractivity contribution in [1.82, 2.24) is 10.2 Å². The monoisotopic (exact) mass is 316 g/mol. The molecule has 1 N–H and O–H groups in total. The Kier molecular flexibility index (Phi) is 5.75. The van der Waals surface area contributed by atoms with Crippen LogP contribution >= 0.6 is 11.3 Å². The van der Waals surface area contributed by atoms with Crippen molar-refractivity contribution in [2.45, 2.75) is 33.4 Å². The van der Waals surface area contributed by atoms with Crippen LogP contribution < -0.4 is 5.32 Å². The first-order valence-corrected chi connectivity index (χ1v) is 8.41. The number of nitrogens with one attached hydrogen (secondary N) is 1. The van der Waals surface area contributed by atoms with Gasteiger partial charge in [0.05, 0.1) is 12.6 Å². The van der Waals surface area contributed by atoms with Crippen molar-refractivity contribution in [1.29, 1.82) is 0 Å². The molecule has 0 aliphatic carbocycles. The van der Waals surface area contributed by atoms with E-state index >= 15 is 0 Å². The molecule has 4 heteroatoms. The summed E-state index contributed by atoms with van der Waals surface area (Å²) in [6.07, 6.45) is 0. The number of hydrogen-bond acceptors (Lipinski definition) is 3. The Hall–Kier alpha value is -1.65. The van der Waals surface area contributed by atoms with Crippen LogP contribution in [0.3, 0.4) is 0 Å². The van der Waals surface area contributed by atoms with Gasteiger partial charge in [0.25, 0.3) is 0 Å². The molecule has 1 heterocycles. The molecule has 118 valence electrons. The molecule has 0 saturated carbocycles. The zero-order valence-electron chi connectivity index (χ0n) is 13.7. The lowest BCUT2D eigenvalue weighted by atomic mass is 10.1. The Morgan fingerprint density at radius 1 is 1.32 bits per heavy atom. The second-order valence-corrected chi connectivity index (χ2v) is 6.89.